The second-order valence-corrected chi connectivity index (χ2v) is 13.9. The first-order valence-corrected chi connectivity index (χ1v) is 17.2. The van der Waals surface area contributed by atoms with Gasteiger partial charge in [-0.2, -0.15) is 0 Å². The smallest absolute Gasteiger partial charge is 0.329 e. The molecule has 4 bridgehead atoms. The van der Waals surface area contributed by atoms with Gasteiger partial charge in [0.1, 0.15) is 33.4 Å². The van der Waals surface area contributed by atoms with Gasteiger partial charge in [-0.1, -0.05) is 64.3 Å². The number of fused-ring (bicyclic) bond motifs is 4. The zero-order chi connectivity index (χ0) is 29.8. The number of allylic oxidation sites excluding steroid dienone is 1. The van der Waals surface area contributed by atoms with E-state index in [9.17, 15) is 19.2 Å². The molecule has 2 aliphatic heterocycles. The Morgan fingerprint density at radius 1 is 1.24 bits per heavy atom. The maximum absolute atomic E-state index is 13.3. The molecule has 0 radical (unpaired) electrons. The van der Waals surface area contributed by atoms with E-state index < -0.39 is 23.7 Å². The van der Waals surface area contributed by atoms with Crippen molar-refractivity contribution < 1.29 is 23.9 Å². The van der Waals surface area contributed by atoms with Crippen LogP contribution in [0, 0.1) is 5.92 Å². The molecule has 12 heteroatoms. The molecule has 1 aromatic heterocycles. The van der Waals surface area contributed by atoms with Crippen LogP contribution in [0.2, 0.25) is 0 Å². The number of ether oxygens (including phenoxy) is 1. The number of nitrogens with one attached hydrogen (secondary N) is 2. The monoisotopic (exact) mass is 622 g/mol. The number of hydrogen-bond acceptors (Lipinski definition) is 10. The number of nitrogens with zero attached hydrogens (tertiary/aromatic N) is 2. The van der Waals surface area contributed by atoms with E-state index in [1.54, 1.807) is 13.0 Å². The Balaban J connectivity index is 1.66. The summed E-state index contributed by atoms with van der Waals surface area (Å²) in [7, 11) is 0. The zero-order valence-corrected chi connectivity index (χ0v) is 26.9. The lowest BCUT2D eigenvalue weighted by Crippen LogP contribution is -2.53. The Labute approximate surface area is 255 Å². The Morgan fingerprint density at radius 3 is 2.78 bits per heavy atom. The van der Waals surface area contributed by atoms with Gasteiger partial charge in [0.25, 0.3) is 0 Å². The van der Waals surface area contributed by atoms with Gasteiger partial charge in [0, 0.05) is 23.3 Å². The van der Waals surface area contributed by atoms with Crippen LogP contribution in [0.5, 0.6) is 0 Å². The summed E-state index contributed by atoms with van der Waals surface area (Å²) in [5.41, 5.74) is -0.354. The molecule has 0 spiro atoms. The number of aromatic nitrogens is 1. The number of carbonyl (C=O) groups is 4. The standard InChI is InChI=1S/C29H42N4O5S3/c1-5-6-7-8-9-13-24(35)39-14-11-10-12-20-15-22(34)30-16-23-31-21(17-40-23)26-33-29(4,18-41-26)28(37)32-25(19(2)3)27(36)38-20/h10,12,17,19-20,25H,5-9,11,13-16,18H2,1-4H3,(H,30,34)(H,32,37)/b12-10-/t20-,25?,29+/m1/s1. The summed E-state index contributed by atoms with van der Waals surface area (Å²) in [4.78, 5) is 60.7. The van der Waals surface area contributed by atoms with Crippen molar-refractivity contribution >= 4 is 62.8 Å². The lowest BCUT2D eigenvalue weighted by Gasteiger charge is -2.27. The SMILES string of the molecule is CCCCCCCC(=O)SCC/C=C\[C@@H]1CC(=O)NCc2nc(cs2)C2=N[C@@](C)(CS2)C(=O)NC(C(C)C)C(=O)O1. The third-order valence-electron chi connectivity index (χ3n) is 6.78. The van der Waals surface area contributed by atoms with Gasteiger partial charge in [-0.25, -0.2) is 9.78 Å². The van der Waals surface area contributed by atoms with Crippen molar-refractivity contribution in [2.45, 2.75) is 103 Å². The first-order valence-electron chi connectivity index (χ1n) is 14.4. The fraction of sp³-hybridized carbons (Fsp3) is 0.655. The molecule has 1 aromatic rings. The van der Waals surface area contributed by atoms with E-state index in [0.717, 1.165) is 17.8 Å². The molecule has 0 saturated heterocycles. The van der Waals surface area contributed by atoms with Gasteiger partial charge in [0.15, 0.2) is 5.12 Å². The molecule has 0 saturated carbocycles. The molecule has 226 valence electrons. The Hall–Kier alpha value is -2.18. The van der Waals surface area contributed by atoms with Crippen LogP contribution in [0.15, 0.2) is 22.5 Å². The number of rotatable bonds is 11. The topological polar surface area (TPSA) is 127 Å². The van der Waals surface area contributed by atoms with Crippen LogP contribution >= 0.6 is 34.9 Å². The van der Waals surface area contributed by atoms with Gasteiger partial charge in [0.2, 0.25) is 11.8 Å². The lowest BCUT2D eigenvalue weighted by atomic mass is 10.0. The fourth-order valence-electron chi connectivity index (χ4n) is 4.26. The van der Waals surface area contributed by atoms with Gasteiger partial charge in [-0.05, 0) is 31.8 Å². The average molecular weight is 623 g/mol. The van der Waals surface area contributed by atoms with E-state index in [1.807, 2.05) is 25.3 Å². The predicted molar refractivity (Wildman–Crippen MR) is 167 cm³/mol. The van der Waals surface area contributed by atoms with Crippen molar-refractivity contribution in [3.63, 3.8) is 0 Å². The van der Waals surface area contributed by atoms with Crippen molar-refractivity contribution in [1.29, 1.82) is 0 Å². The molecule has 3 heterocycles. The number of amides is 2. The second kappa shape index (κ2) is 16.5. The molecular weight excluding hydrogens is 581 g/mol. The maximum Gasteiger partial charge on any atom is 0.329 e. The number of thioether (sulfide) groups is 2. The van der Waals surface area contributed by atoms with E-state index in [2.05, 4.69) is 27.5 Å². The summed E-state index contributed by atoms with van der Waals surface area (Å²) < 4.78 is 5.77. The number of thiazole rings is 1. The van der Waals surface area contributed by atoms with E-state index >= 15 is 0 Å². The molecule has 41 heavy (non-hydrogen) atoms. The highest BCUT2D eigenvalue weighted by Gasteiger charge is 2.41. The van der Waals surface area contributed by atoms with E-state index in [1.165, 1.54) is 54.1 Å². The first-order chi connectivity index (χ1) is 19.6. The number of esters is 1. The van der Waals surface area contributed by atoms with Gasteiger partial charge < -0.3 is 15.4 Å². The molecule has 0 aromatic carbocycles. The van der Waals surface area contributed by atoms with Crippen molar-refractivity contribution in [1.82, 2.24) is 15.6 Å². The minimum Gasteiger partial charge on any atom is -0.456 e. The molecule has 9 nitrogen and oxygen atoms in total. The van der Waals surface area contributed by atoms with Crippen LogP contribution in [0.1, 0.15) is 89.8 Å². The largest absolute Gasteiger partial charge is 0.456 e. The lowest BCUT2D eigenvalue weighted by molar-refractivity contribution is -0.153. The normalized spacial score (nSPS) is 23.8. The minimum atomic E-state index is -1.04. The molecule has 2 N–H and O–H groups in total. The molecule has 2 aliphatic rings. The van der Waals surface area contributed by atoms with Crippen LogP contribution in [0.25, 0.3) is 0 Å². The highest BCUT2D eigenvalue weighted by Crippen LogP contribution is 2.32. The van der Waals surface area contributed by atoms with Crippen LogP contribution in [-0.4, -0.2) is 62.1 Å². The van der Waals surface area contributed by atoms with Crippen LogP contribution in [0.3, 0.4) is 0 Å². The molecule has 2 amide bonds. The van der Waals surface area contributed by atoms with Crippen LogP contribution in [0.4, 0.5) is 0 Å². The summed E-state index contributed by atoms with van der Waals surface area (Å²) in [6.07, 6.45) is 9.42. The molecular formula is C29H42N4O5S3. The van der Waals surface area contributed by atoms with Crippen molar-refractivity contribution in [2.75, 3.05) is 11.5 Å². The predicted octanol–water partition coefficient (Wildman–Crippen LogP) is 5.03. The minimum absolute atomic E-state index is 0.0661. The zero-order valence-electron chi connectivity index (χ0n) is 24.4. The van der Waals surface area contributed by atoms with Crippen molar-refractivity contribution in [3.8, 4) is 0 Å². The summed E-state index contributed by atoms with van der Waals surface area (Å²) in [6, 6.07) is -0.896. The van der Waals surface area contributed by atoms with E-state index in [0.29, 0.717) is 35.1 Å². The molecule has 1 unspecified atom stereocenters. The molecule has 3 atom stereocenters. The highest BCUT2D eigenvalue weighted by atomic mass is 32.2. The Bertz CT molecular complexity index is 1140. The highest BCUT2D eigenvalue weighted by molar-refractivity contribution is 8.14. The first kappa shape index (κ1) is 33.3. The Kier molecular flexibility index (Phi) is 13.4. The van der Waals surface area contributed by atoms with Crippen LogP contribution in [-0.2, 0) is 30.5 Å². The maximum atomic E-state index is 13.3. The van der Waals surface area contributed by atoms with Crippen LogP contribution < -0.4 is 10.6 Å². The third kappa shape index (κ3) is 10.6. The average Bonchev–Trinajstić information content (AvgIpc) is 3.56. The van der Waals surface area contributed by atoms with Crippen molar-refractivity contribution in [3.05, 3.63) is 28.2 Å². The molecule has 0 aliphatic carbocycles. The number of aliphatic imine (C=N–C) groups is 1. The van der Waals surface area contributed by atoms with Gasteiger partial charge >= 0.3 is 5.97 Å². The summed E-state index contributed by atoms with van der Waals surface area (Å²) in [5, 5.41) is 9.17. The molecule has 0 fully saturated rings. The van der Waals surface area contributed by atoms with Crippen molar-refractivity contribution in [2.24, 2.45) is 10.9 Å². The van der Waals surface area contributed by atoms with Gasteiger partial charge in [-0.15, -0.1) is 23.1 Å². The van der Waals surface area contributed by atoms with Gasteiger partial charge in [0.05, 0.1) is 13.0 Å². The number of hydrogen-bond donors (Lipinski definition) is 2. The number of cyclic esters (lactones) is 1. The summed E-state index contributed by atoms with van der Waals surface area (Å²) >= 11 is 4.18. The number of unbranched alkanes of at least 4 members (excludes halogenated alkanes) is 4. The summed E-state index contributed by atoms with van der Waals surface area (Å²) in [5.74, 6) is -0.424. The van der Waals surface area contributed by atoms with E-state index in [4.69, 9.17) is 4.74 Å². The fourth-order valence-corrected chi connectivity index (χ4v) is 6.96. The number of carbonyl (C=O) groups excluding carboxylic acids is 4. The van der Waals surface area contributed by atoms with Gasteiger partial charge in [-0.3, -0.25) is 19.4 Å². The molecule has 3 rings (SSSR count). The Morgan fingerprint density at radius 2 is 2.02 bits per heavy atom. The quantitative estimate of drug-likeness (QED) is 0.200. The third-order valence-corrected chi connectivity index (χ3v) is 9.87. The van der Waals surface area contributed by atoms with E-state index in [-0.39, 0.29) is 35.8 Å². The second-order valence-electron chi connectivity index (χ2n) is 10.9. The summed E-state index contributed by atoms with van der Waals surface area (Å²) in [6.45, 7) is 7.83.